The third-order valence-electron chi connectivity index (χ3n) is 4.32. The van der Waals surface area contributed by atoms with Gasteiger partial charge < -0.3 is 10.1 Å². The molecule has 0 aromatic carbocycles. The van der Waals surface area contributed by atoms with Crippen LogP contribution in [0.1, 0.15) is 52.9 Å². The second kappa shape index (κ2) is 5.50. The van der Waals surface area contributed by atoms with Gasteiger partial charge in [0.15, 0.2) is 0 Å². The predicted octanol–water partition coefficient (Wildman–Crippen LogP) is 2.97. The third kappa shape index (κ3) is 2.78. The second-order valence-electron chi connectivity index (χ2n) is 5.96. The van der Waals surface area contributed by atoms with E-state index in [1.807, 2.05) is 0 Å². The van der Waals surface area contributed by atoms with E-state index in [-0.39, 0.29) is 0 Å². The van der Waals surface area contributed by atoms with E-state index >= 15 is 0 Å². The summed E-state index contributed by atoms with van der Waals surface area (Å²) < 4.78 is 6.02. The molecule has 2 aliphatic rings. The summed E-state index contributed by atoms with van der Waals surface area (Å²) in [5.41, 5.74) is 0. The highest BCUT2D eigenvalue weighted by atomic mass is 16.5. The summed E-state index contributed by atoms with van der Waals surface area (Å²) in [4.78, 5) is 0. The molecule has 2 heteroatoms. The van der Waals surface area contributed by atoms with E-state index in [9.17, 15) is 0 Å². The lowest BCUT2D eigenvalue weighted by Gasteiger charge is -2.44. The molecule has 0 bridgehead atoms. The quantitative estimate of drug-likeness (QED) is 0.797. The molecule has 2 fully saturated rings. The lowest BCUT2D eigenvalue weighted by molar-refractivity contribution is -0.0630. The number of hydrogen-bond acceptors (Lipinski definition) is 2. The average molecular weight is 225 g/mol. The van der Waals surface area contributed by atoms with E-state index in [2.05, 4.69) is 26.1 Å². The van der Waals surface area contributed by atoms with Crippen LogP contribution in [0.5, 0.6) is 0 Å². The van der Waals surface area contributed by atoms with E-state index in [1.54, 1.807) is 0 Å². The molecular weight excluding hydrogens is 198 g/mol. The first kappa shape index (κ1) is 12.4. The van der Waals surface area contributed by atoms with Gasteiger partial charge in [-0.1, -0.05) is 33.6 Å². The maximum Gasteiger partial charge on any atom is 0.0729 e. The Bertz CT molecular complexity index is 217. The first-order valence-corrected chi connectivity index (χ1v) is 7.08. The molecule has 1 heterocycles. The van der Waals surface area contributed by atoms with Crippen LogP contribution in [0.2, 0.25) is 0 Å². The first-order chi connectivity index (χ1) is 7.70. The van der Waals surface area contributed by atoms with E-state index in [4.69, 9.17) is 4.74 Å². The molecule has 0 radical (unpaired) electrons. The van der Waals surface area contributed by atoms with Crippen molar-refractivity contribution in [1.29, 1.82) is 0 Å². The van der Waals surface area contributed by atoms with Crippen molar-refractivity contribution < 1.29 is 4.74 Å². The molecule has 1 saturated carbocycles. The van der Waals surface area contributed by atoms with Crippen molar-refractivity contribution in [3.63, 3.8) is 0 Å². The zero-order valence-corrected chi connectivity index (χ0v) is 11.0. The number of ether oxygens (including phenoxy) is 1. The van der Waals surface area contributed by atoms with Crippen LogP contribution in [0.25, 0.3) is 0 Å². The minimum absolute atomic E-state index is 0.503. The Morgan fingerprint density at radius 3 is 2.81 bits per heavy atom. The fourth-order valence-corrected chi connectivity index (χ4v) is 3.21. The minimum Gasteiger partial charge on any atom is -0.375 e. The van der Waals surface area contributed by atoms with E-state index < -0.39 is 0 Å². The zero-order chi connectivity index (χ0) is 11.5. The lowest BCUT2D eigenvalue weighted by Crippen LogP contribution is -2.57. The molecule has 0 aromatic heterocycles. The summed E-state index contributed by atoms with van der Waals surface area (Å²) in [6, 6.07) is 1.20. The van der Waals surface area contributed by atoms with E-state index in [0.29, 0.717) is 24.1 Å². The van der Waals surface area contributed by atoms with Crippen LogP contribution in [-0.2, 0) is 4.74 Å². The molecule has 2 rings (SSSR count). The molecular formula is C14H27NO. The van der Waals surface area contributed by atoms with Crippen molar-refractivity contribution in [1.82, 2.24) is 5.32 Å². The Balaban J connectivity index is 1.88. The lowest BCUT2D eigenvalue weighted by atomic mass is 9.80. The highest BCUT2D eigenvalue weighted by Crippen LogP contribution is 2.32. The largest absolute Gasteiger partial charge is 0.375 e. The number of fused-ring (bicyclic) bond motifs is 1. The summed E-state index contributed by atoms with van der Waals surface area (Å²) in [5, 5.41) is 3.82. The van der Waals surface area contributed by atoms with Crippen molar-refractivity contribution in [2.45, 2.75) is 71.1 Å². The monoisotopic (exact) mass is 225 g/mol. The Kier molecular flexibility index (Phi) is 4.26. The van der Waals surface area contributed by atoms with Crippen molar-refractivity contribution in [3.8, 4) is 0 Å². The second-order valence-corrected chi connectivity index (χ2v) is 5.96. The fourth-order valence-electron chi connectivity index (χ4n) is 3.21. The number of morpholine rings is 1. The molecule has 0 amide bonds. The molecule has 94 valence electrons. The van der Waals surface area contributed by atoms with Crippen LogP contribution in [-0.4, -0.2) is 24.8 Å². The van der Waals surface area contributed by atoms with Gasteiger partial charge in [-0.25, -0.2) is 0 Å². The van der Waals surface area contributed by atoms with Gasteiger partial charge in [-0.3, -0.25) is 0 Å². The van der Waals surface area contributed by atoms with Gasteiger partial charge in [-0.2, -0.15) is 0 Å². The van der Waals surface area contributed by atoms with Crippen LogP contribution in [0, 0.1) is 11.8 Å². The fraction of sp³-hybridized carbons (Fsp3) is 1.00. The van der Waals surface area contributed by atoms with E-state index in [0.717, 1.165) is 12.5 Å². The maximum atomic E-state index is 6.02. The third-order valence-corrected chi connectivity index (χ3v) is 4.32. The molecule has 0 aromatic rings. The molecule has 0 spiro atoms. The SMILES string of the molecule is CCCC1CCC2OCC(C(C)C)NC2C1. The van der Waals surface area contributed by atoms with Crippen LogP contribution in [0.4, 0.5) is 0 Å². The molecule has 1 saturated heterocycles. The Labute approximate surface area is 100 Å². The summed E-state index contributed by atoms with van der Waals surface area (Å²) in [7, 11) is 0. The topological polar surface area (TPSA) is 21.3 Å². The van der Waals surface area contributed by atoms with Crippen LogP contribution in [0.15, 0.2) is 0 Å². The maximum absolute atomic E-state index is 6.02. The molecule has 1 aliphatic carbocycles. The van der Waals surface area contributed by atoms with Gasteiger partial charge in [-0.05, 0) is 31.1 Å². The Hall–Kier alpha value is -0.0800. The van der Waals surface area contributed by atoms with Crippen LogP contribution < -0.4 is 5.32 Å². The zero-order valence-electron chi connectivity index (χ0n) is 11.0. The number of nitrogens with one attached hydrogen (secondary N) is 1. The predicted molar refractivity (Wildman–Crippen MR) is 67.5 cm³/mol. The van der Waals surface area contributed by atoms with Gasteiger partial charge in [0.05, 0.1) is 12.7 Å². The minimum atomic E-state index is 0.503. The highest BCUT2D eigenvalue weighted by molar-refractivity contribution is 4.92. The van der Waals surface area contributed by atoms with Gasteiger partial charge in [0.1, 0.15) is 0 Å². The van der Waals surface area contributed by atoms with Gasteiger partial charge in [0.2, 0.25) is 0 Å². The normalized spacial score (nSPS) is 39.8. The van der Waals surface area contributed by atoms with Crippen molar-refractivity contribution in [2.24, 2.45) is 11.8 Å². The first-order valence-electron chi connectivity index (χ1n) is 7.08. The smallest absolute Gasteiger partial charge is 0.0729 e. The Morgan fingerprint density at radius 1 is 1.31 bits per heavy atom. The molecule has 1 N–H and O–H groups in total. The van der Waals surface area contributed by atoms with Crippen molar-refractivity contribution >= 4 is 0 Å². The molecule has 1 aliphatic heterocycles. The van der Waals surface area contributed by atoms with Gasteiger partial charge in [0.25, 0.3) is 0 Å². The summed E-state index contributed by atoms with van der Waals surface area (Å²) in [6.07, 6.45) is 7.22. The van der Waals surface area contributed by atoms with Crippen molar-refractivity contribution in [2.75, 3.05) is 6.61 Å². The van der Waals surface area contributed by atoms with Crippen LogP contribution >= 0.6 is 0 Å². The standard InChI is InChI=1S/C14H27NO/c1-4-5-11-6-7-14-12(8-11)15-13(9-16-14)10(2)3/h10-15H,4-9H2,1-3H3. The molecule has 2 nitrogen and oxygen atoms in total. The van der Waals surface area contributed by atoms with Gasteiger partial charge >= 0.3 is 0 Å². The van der Waals surface area contributed by atoms with Crippen LogP contribution in [0.3, 0.4) is 0 Å². The van der Waals surface area contributed by atoms with E-state index in [1.165, 1.54) is 32.1 Å². The summed E-state index contributed by atoms with van der Waals surface area (Å²) in [5.74, 6) is 1.63. The average Bonchev–Trinajstić information content (AvgIpc) is 2.28. The Morgan fingerprint density at radius 2 is 2.12 bits per heavy atom. The molecule has 16 heavy (non-hydrogen) atoms. The number of hydrogen-bond donors (Lipinski definition) is 1. The molecule has 4 unspecified atom stereocenters. The van der Waals surface area contributed by atoms with Gasteiger partial charge in [-0.15, -0.1) is 0 Å². The van der Waals surface area contributed by atoms with Crippen molar-refractivity contribution in [3.05, 3.63) is 0 Å². The number of rotatable bonds is 3. The highest BCUT2D eigenvalue weighted by Gasteiger charge is 2.36. The molecule has 4 atom stereocenters. The van der Waals surface area contributed by atoms with Gasteiger partial charge in [0, 0.05) is 12.1 Å². The summed E-state index contributed by atoms with van der Waals surface area (Å²) >= 11 is 0. The summed E-state index contributed by atoms with van der Waals surface area (Å²) in [6.45, 7) is 7.78.